The maximum atomic E-state index is 14.5. The third kappa shape index (κ3) is 4.98. The zero-order valence-electron chi connectivity index (χ0n) is 18.4. The minimum Gasteiger partial charge on any atom is -0.492 e. The molecule has 0 bridgehead atoms. The summed E-state index contributed by atoms with van der Waals surface area (Å²) < 4.78 is 66.5. The third-order valence-corrected chi connectivity index (χ3v) is 6.21. The van der Waals surface area contributed by atoms with E-state index in [0.717, 1.165) is 16.8 Å². The second-order valence-corrected chi connectivity index (χ2v) is 8.41. The van der Waals surface area contributed by atoms with Gasteiger partial charge in [-0.1, -0.05) is 23.9 Å². The van der Waals surface area contributed by atoms with E-state index in [1.807, 2.05) is 0 Å². The van der Waals surface area contributed by atoms with E-state index < -0.39 is 52.7 Å². The molecule has 12 heteroatoms. The van der Waals surface area contributed by atoms with Crippen LogP contribution in [0.5, 0.6) is 11.5 Å². The van der Waals surface area contributed by atoms with Gasteiger partial charge in [0.25, 0.3) is 5.91 Å². The highest BCUT2D eigenvalue weighted by atomic mass is 32.2. The standard InChI is InChI=1S/C24H16F4N2O5S/c1-34-21-15(3-2-4-18(21)35-11-19(31)32)24-30(23(33)20-16(27)9-14(26)10-17(20)28)29-22(36-24)12-5-7-13(25)8-6-12/h2-10,24H,11H2,1H3,(H,31,32). The molecule has 0 aliphatic carbocycles. The number of thioether (sulfide) groups is 1. The Morgan fingerprint density at radius 2 is 1.69 bits per heavy atom. The smallest absolute Gasteiger partial charge is 0.341 e. The quantitative estimate of drug-likeness (QED) is 0.443. The number of hydrogen-bond acceptors (Lipinski definition) is 6. The first kappa shape index (κ1) is 25.0. The van der Waals surface area contributed by atoms with Crippen molar-refractivity contribution in [1.82, 2.24) is 5.01 Å². The van der Waals surface area contributed by atoms with Crippen molar-refractivity contribution >= 4 is 28.7 Å². The summed E-state index contributed by atoms with van der Waals surface area (Å²) in [4.78, 5) is 24.3. The van der Waals surface area contributed by atoms with Gasteiger partial charge < -0.3 is 14.6 Å². The van der Waals surface area contributed by atoms with Crippen LogP contribution in [0.1, 0.15) is 26.9 Å². The minimum absolute atomic E-state index is 0.0415. The Morgan fingerprint density at radius 3 is 2.31 bits per heavy atom. The summed E-state index contributed by atoms with van der Waals surface area (Å²) in [6, 6.07) is 10.4. The number of hydrogen-bond donors (Lipinski definition) is 1. The number of carbonyl (C=O) groups excluding carboxylic acids is 1. The molecule has 3 aromatic carbocycles. The van der Waals surface area contributed by atoms with Gasteiger partial charge >= 0.3 is 5.97 Å². The van der Waals surface area contributed by atoms with Gasteiger partial charge in [-0.25, -0.2) is 27.4 Å². The molecule has 4 rings (SSSR count). The number of benzene rings is 3. The first-order chi connectivity index (χ1) is 17.2. The molecule has 1 aliphatic heterocycles. The number of para-hydroxylation sites is 1. The van der Waals surface area contributed by atoms with Crippen LogP contribution >= 0.6 is 11.8 Å². The lowest BCUT2D eigenvalue weighted by atomic mass is 10.1. The molecule has 0 radical (unpaired) electrons. The van der Waals surface area contributed by atoms with Gasteiger partial charge in [0.15, 0.2) is 18.1 Å². The van der Waals surface area contributed by atoms with Crippen LogP contribution in [-0.4, -0.2) is 40.8 Å². The van der Waals surface area contributed by atoms with Gasteiger partial charge in [0.1, 0.15) is 39.2 Å². The number of amides is 1. The normalized spacial score (nSPS) is 15.0. The van der Waals surface area contributed by atoms with Crippen LogP contribution in [-0.2, 0) is 4.79 Å². The molecule has 36 heavy (non-hydrogen) atoms. The lowest BCUT2D eigenvalue weighted by Gasteiger charge is -2.24. The second kappa shape index (κ2) is 10.3. The van der Waals surface area contributed by atoms with Crippen LogP contribution in [0.2, 0.25) is 0 Å². The molecule has 0 saturated heterocycles. The van der Waals surface area contributed by atoms with Gasteiger partial charge in [-0.15, -0.1) is 0 Å². The Morgan fingerprint density at radius 1 is 1.03 bits per heavy atom. The monoisotopic (exact) mass is 520 g/mol. The molecule has 1 amide bonds. The van der Waals surface area contributed by atoms with Crippen molar-refractivity contribution in [3.8, 4) is 11.5 Å². The van der Waals surface area contributed by atoms with E-state index in [-0.39, 0.29) is 22.1 Å². The molecule has 0 saturated carbocycles. The topological polar surface area (TPSA) is 88.4 Å². The van der Waals surface area contributed by atoms with Gasteiger partial charge in [-0.2, -0.15) is 5.10 Å². The van der Waals surface area contributed by atoms with Crippen LogP contribution in [0, 0.1) is 23.3 Å². The zero-order chi connectivity index (χ0) is 26.0. The summed E-state index contributed by atoms with van der Waals surface area (Å²) in [6.45, 7) is -0.677. The van der Waals surface area contributed by atoms with Crippen LogP contribution < -0.4 is 9.47 Å². The molecule has 3 aromatic rings. The van der Waals surface area contributed by atoms with Crippen molar-refractivity contribution in [3.63, 3.8) is 0 Å². The number of carboxylic acids is 1. The molecule has 1 heterocycles. The Hall–Kier alpha value is -4.06. The Labute approximate surface area is 205 Å². The van der Waals surface area contributed by atoms with Crippen molar-refractivity contribution < 1.29 is 41.7 Å². The van der Waals surface area contributed by atoms with E-state index in [1.165, 1.54) is 49.6 Å². The number of aliphatic carboxylic acids is 1. The second-order valence-electron chi connectivity index (χ2n) is 7.34. The van der Waals surface area contributed by atoms with Crippen LogP contribution in [0.15, 0.2) is 59.7 Å². The van der Waals surface area contributed by atoms with Crippen molar-refractivity contribution in [2.75, 3.05) is 13.7 Å². The average Bonchev–Trinajstić information content (AvgIpc) is 3.27. The highest BCUT2D eigenvalue weighted by Crippen LogP contribution is 2.47. The van der Waals surface area contributed by atoms with Gasteiger partial charge in [-0.3, -0.25) is 4.79 Å². The number of carbonyl (C=O) groups is 2. The van der Waals surface area contributed by atoms with E-state index in [1.54, 1.807) is 0 Å². The molecule has 7 nitrogen and oxygen atoms in total. The van der Waals surface area contributed by atoms with Crippen molar-refractivity contribution in [2.45, 2.75) is 5.37 Å². The number of rotatable bonds is 7. The minimum atomic E-state index is -1.42. The number of halogens is 4. The third-order valence-electron chi connectivity index (χ3n) is 4.99. The number of methoxy groups -OCH3 is 1. The first-order valence-corrected chi connectivity index (χ1v) is 11.1. The predicted octanol–water partition coefficient (Wildman–Crippen LogP) is 4.96. The molecular weight excluding hydrogens is 504 g/mol. The number of nitrogens with zero attached hydrogens (tertiary/aromatic N) is 2. The molecule has 1 N–H and O–H groups in total. The van der Waals surface area contributed by atoms with Crippen LogP contribution in [0.4, 0.5) is 17.6 Å². The van der Waals surface area contributed by atoms with Crippen molar-refractivity contribution in [2.24, 2.45) is 5.10 Å². The maximum absolute atomic E-state index is 14.5. The van der Waals surface area contributed by atoms with Gasteiger partial charge in [-0.05, 0) is 30.3 Å². The average molecular weight is 520 g/mol. The molecule has 0 spiro atoms. The number of ether oxygens (including phenoxy) is 2. The van der Waals surface area contributed by atoms with Gasteiger partial charge in [0.05, 0.1) is 7.11 Å². The van der Waals surface area contributed by atoms with Crippen LogP contribution in [0.3, 0.4) is 0 Å². The SMILES string of the molecule is COc1c(OCC(=O)O)cccc1C1SC(c2ccc(F)cc2)=NN1C(=O)c1c(F)cc(F)cc1F. The van der Waals surface area contributed by atoms with Gasteiger partial charge in [0, 0.05) is 23.3 Å². The van der Waals surface area contributed by atoms with E-state index in [0.29, 0.717) is 17.7 Å². The molecule has 1 atom stereocenters. The summed E-state index contributed by atoms with van der Waals surface area (Å²) in [6.07, 6.45) is 0. The summed E-state index contributed by atoms with van der Waals surface area (Å²) in [5, 5.41) is 13.1. The fourth-order valence-electron chi connectivity index (χ4n) is 3.45. The van der Waals surface area contributed by atoms with E-state index in [4.69, 9.17) is 14.6 Å². The predicted molar refractivity (Wildman–Crippen MR) is 122 cm³/mol. The Balaban J connectivity index is 1.81. The lowest BCUT2D eigenvalue weighted by molar-refractivity contribution is -0.139. The fourth-order valence-corrected chi connectivity index (χ4v) is 4.63. The summed E-state index contributed by atoms with van der Waals surface area (Å²) >= 11 is 0.993. The number of carboxylic acid groups (broad SMARTS) is 1. The highest BCUT2D eigenvalue weighted by Gasteiger charge is 2.39. The van der Waals surface area contributed by atoms with Crippen molar-refractivity contribution in [1.29, 1.82) is 0 Å². The first-order valence-electron chi connectivity index (χ1n) is 10.2. The highest BCUT2D eigenvalue weighted by molar-refractivity contribution is 8.14. The molecule has 1 unspecified atom stereocenters. The van der Waals surface area contributed by atoms with E-state index in [2.05, 4.69) is 5.10 Å². The maximum Gasteiger partial charge on any atom is 0.341 e. The lowest BCUT2D eigenvalue weighted by Crippen LogP contribution is -2.28. The summed E-state index contributed by atoms with van der Waals surface area (Å²) in [5.74, 6) is -6.89. The largest absolute Gasteiger partial charge is 0.492 e. The molecule has 0 fully saturated rings. The zero-order valence-corrected chi connectivity index (χ0v) is 19.2. The van der Waals surface area contributed by atoms with Gasteiger partial charge in [0.2, 0.25) is 0 Å². The summed E-state index contributed by atoms with van der Waals surface area (Å²) in [7, 11) is 1.29. The molecular formula is C24H16F4N2O5S. The van der Waals surface area contributed by atoms with E-state index >= 15 is 0 Å². The van der Waals surface area contributed by atoms with Crippen LogP contribution in [0.25, 0.3) is 0 Å². The molecule has 1 aliphatic rings. The van der Waals surface area contributed by atoms with E-state index in [9.17, 15) is 27.2 Å². The van der Waals surface area contributed by atoms with Crippen molar-refractivity contribution in [3.05, 3.63) is 94.6 Å². The molecule has 0 aromatic heterocycles. The summed E-state index contributed by atoms with van der Waals surface area (Å²) in [5.41, 5.74) is -0.343. The Kier molecular flexibility index (Phi) is 7.15. The number of hydrazone groups is 1. The fraction of sp³-hybridized carbons (Fsp3) is 0.125. The molecule has 186 valence electrons. The Bertz CT molecular complexity index is 1340.